The van der Waals surface area contributed by atoms with Gasteiger partial charge in [-0.25, -0.2) is 9.59 Å². The van der Waals surface area contributed by atoms with E-state index in [1.165, 1.54) is 0 Å². The van der Waals surface area contributed by atoms with E-state index in [4.69, 9.17) is 17.3 Å². The molecule has 5 heterocycles. The third-order valence-corrected chi connectivity index (χ3v) is 9.93. The minimum atomic E-state index is -0.767. The molecule has 0 radical (unpaired) electrons. The van der Waals surface area contributed by atoms with Crippen molar-refractivity contribution in [1.29, 1.82) is 0 Å². The molecule has 2 saturated heterocycles. The van der Waals surface area contributed by atoms with Crippen LogP contribution in [0.5, 0.6) is 0 Å². The highest BCUT2D eigenvalue weighted by atomic mass is 35.5. The maximum atomic E-state index is 13.9. The van der Waals surface area contributed by atoms with E-state index in [1.807, 2.05) is 40.3 Å². The molecule has 0 unspecified atom stereocenters. The number of hydrogen-bond acceptors (Lipinski definition) is 7. The van der Waals surface area contributed by atoms with Crippen LogP contribution in [0.25, 0.3) is 0 Å². The highest BCUT2D eigenvalue weighted by Gasteiger charge is 2.35. The molecule has 2 aromatic heterocycles. The van der Waals surface area contributed by atoms with E-state index < -0.39 is 6.04 Å². The summed E-state index contributed by atoms with van der Waals surface area (Å²) in [5.74, 6) is -0.121. The predicted octanol–water partition coefficient (Wildman–Crippen LogP) is 4.17. The molecule has 5 amide bonds. The Morgan fingerprint density at radius 3 is 2.52 bits per heavy atom. The Morgan fingerprint density at radius 2 is 1.82 bits per heavy atom. The van der Waals surface area contributed by atoms with Crippen molar-refractivity contribution >= 4 is 58.0 Å². The van der Waals surface area contributed by atoms with Gasteiger partial charge in [0.15, 0.2) is 0 Å². The normalized spacial score (nSPS) is 18.1. The number of carbonyl (C=O) groups excluding carboxylic acids is 3. The lowest BCUT2D eigenvalue weighted by atomic mass is 10.0. The molecule has 3 aromatic rings. The van der Waals surface area contributed by atoms with Crippen LogP contribution in [-0.4, -0.2) is 89.0 Å². The van der Waals surface area contributed by atoms with Crippen LogP contribution >= 0.6 is 22.9 Å². The Morgan fingerprint density at radius 1 is 1.09 bits per heavy atom. The average molecular weight is 637 g/mol. The van der Waals surface area contributed by atoms with Gasteiger partial charge in [0.25, 0.3) is 0 Å². The summed E-state index contributed by atoms with van der Waals surface area (Å²) < 4.78 is 0. The topological polar surface area (TPSA) is 127 Å². The molecule has 0 aliphatic carbocycles. The number of nitrogens with zero attached hydrogens (tertiary/aromatic N) is 5. The number of halogens is 1. The van der Waals surface area contributed by atoms with Crippen molar-refractivity contribution in [3.63, 3.8) is 0 Å². The minimum absolute atomic E-state index is 0.0427. The molecule has 1 aromatic carbocycles. The smallest absolute Gasteiger partial charge is 0.322 e. The maximum absolute atomic E-state index is 13.9. The molecule has 1 atom stereocenters. The second kappa shape index (κ2) is 12.9. The van der Waals surface area contributed by atoms with Crippen LogP contribution in [0.1, 0.15) is 29.5 Å². The number of hydrogen-bond donors (Lipinski definition) is 3. The molecule has 3 aliphatic heterocycles. The lowest BCUT2D eigenvalue weighted by Gasteiger charge is -2.40. The van der Waals surface area contributed by atoms with Gasteiger partial charge in [-0.05, 0) is 54.5 Å². The van der Waals surface area contributed by atoms with Crippen molar-refractivity contribution < 1.29 is 14.4 Å². The summed E-state index contributed by atoms with van der Waals surface area (Å²) in [5.41, 5.74) is 11.3. The van der Waals surface area contributed by atoms with Gasteiger partial charge in [0.05, 0.1) is 22.9 Å². The first kappa shape index (κ1) is 30.0. The second-order valence-electron chi connectivity index (χ2n) is 11.6. The van der Waals surface area contributed by atoms with Crippen molar-refractivity contribution in [3.8, 4) is 0 Å². The highest BCUT2D eigenvalue weighted by molar-refractivity contribution is 7.08. The second-order valence-corrected chi connectivity index (χ2v) is 12.8. The number of fused-ring (bicyclic) bond motifs is 1. The zero-order chi connectivity index (χ0) is 30.8. The summed E-state index contributed by atoms with van der Waals surface area (Å²) in [6.45, 7) is 5.92. The summed E-state index contributed by atoms with van der Waals surface area (Å²) in [5, 5.41) is 10.5. The number of aromatic nitrogens is 1. The van der Waals surface area contributed by atoms with Gasteiger partial charge in [0.2, 0.25) is 5.91 Å². The van der Waals surface area contributed by atoms with E-state index >= 15 is 0 Å². The Balaban J connectivity index is 1.11. The van der Waals surface area contributed by atoms with Crippen LogP contribution in [0.3, 0.4) is 0 Å². The molecular weight excluding hydrogens is 600 g/mol. The predicted molar refractivity (Wildman–Crippen MR) is 173 cm³/mol. The Labute approximate surface area is 265 Å². The number of aryl methyl sites for hydroxylation is 1. The van der Waals surface area contributed by atoms with Crippen molar-refractivity contribution in [2.45, 2.75) is 44.8 Å². The van der Waals surface area contributed by atoms with Crippen LogP contribution in [0.2, 0.25) is 5.02 Å². The molecule has 0 saturated carbocycles. The summed E-state index contributed by atoms with van der Waals surface area (Å²) in [7, 11) is 0. The number of nitrogen functional groups attached to an aromatic ring is 1. The lowest BCUT2D eigenvalue weighted by molar-refractivity contribution is -0.133. The van der Waals surface area contributed by atoms with Crippen LogP contribution in [0.15, 0.2) is 47.4 Å². The third kappa shape index (κ3) is 6.41. The number of nitrogens with two attached hydrogens (primary N) is 1. The number of urea groups is 2. The average Bonchev–Trinajstić information content (AvgIpc) is 3.50. The Bertz CT molecular complexity index is 1500. The van der Waals surface area contributed by atoms with Crippen molar-refractivity contribution in [3.05, 3.63) is 69.1 Å². The van der Waals surface area contributed by atoms with E-state index in [0.717, 1.165) is 28.1 Å². The number of likely N-dealkylation sites (tertiary alicyclic amines) is 1. The number of rotatable bonds is 6. The summed E-state index contributed by atoms with van der Waals surface area (Å²) in [6, 6.07) is 6.53. The first-order valence-electron chi connectivity index (χ1n) is 14.9. The largest absolute Gasteiger partial charge is 0.397 e. The van der Waals surface area contributed by atoms with Crippen molar-refractivity contribution in [2.24, 2.45) is 0 Å². The van der Waals surface area contributed by atoms with Gasteiger partial charge in [-0.1, -0.05) is 17.7 Å². The van der Waals surface area contributed by atoms with E-state index in [1.54, 1.807) is 34.7 Å². The molecule has 0 spiro atoms. The quantitative estimate of drug-likeness (QED) is 0.349. The Hall–Kier alpha value is -4.03. The van der Waals surface area contributed by atoms with Gasteiger partial charge in [0.1, 0.15) is 6.04 Å². The monoisotopic (exact) mass is 636 g/mol. The minimum Gasteiger partial charge on any atom is -0.397 e. The zero-order valence-electron chi connectivity index (χ0n) is 24.7. The lowest BCUT2D eigenvalue weighted by Crippen LogP contribution is -2.58. The molecule has 0 bridgehead atoms. The van der Waals surface area contributed by atoms with Gasteiger partial charge in [-0.2, -0.15) is 0 Å². The van der Waals surface area contributed by atoms with Crippen LogP contribution in [0, 0.1) is 6.92 Å². The van der Waals surface area contributed by atoms with Crippen LogP contribution in [-0.2, 0) is 17.8 Å². The van der Waals surface area contributed by atoms with E-state index in [0.29, 0.717) is 75.8 Å². The third-order valence-electron chi connectivity index (χ3n) is 8.83. The van der Waals surface area contributed by atoms with E-state index in [2.05, 4.69) is 25.9 Å². The molecule has 11 nitrogen and oxygen atoms in total. The molecular formula is C31H37ClN8O3S. The van der Waals surface area contributed by atoms with Crippen LogP contribution < -0.4 is 21.3 Å². The Kier molecular flexibility index (Phi) is 8.81. The SMILES string of the molecule is Cc1cc(C[C@@H](NC(=O)N2CCC(N3Cc4cscc4NC3=O)CC2)C(=O)N2CCN(c3ccncc3)CC2)cc(Cl)c1N. The fourth-order valence-electron chi connectivity index (χ4n) is 6.25. The maximum Gasteiger partial charge on any atom is 0.322 e. The van der Waals surface area contributed by atoms with E-state index in [-0.39, 0.29) is 24.0 Å². The summed E-state index contributed by atoms with van der Waals surface area (Å²) in [4.78, 5) is 52.0. The standard InChI is InChI=1S/C31H37ClN8O3S/c1-20-14-21(15-25(32)28(20)33)16-26(29(41)38-12-10-37(11-13-38)23-2-6-34-7-3-23)35-30(42)39-8-4-24(5-9-39)40-17-22-18-44-19-27(22)36-31(40)43/h2-3,6-7,14-15,18-19,24,26H,4-5,8-13,16-17,33H2,1H3,(H,35,42)(H,36,43)/t26-/m1/s1. The van der Waals surface area contributed by atoms with Gasteiger partial charge in [0, 0.05) is 80.8 Å². The number of pyridine rings is 1. The zero-order valence-corrected chi connectivity index (χ0v) is 26.2. The number of anilines is 3. The number of thiophene rings is 1. The first-order valence-corrected chi connectivity index (χ1v) is 16.3. The first-order chi connectivity index (χ1) is 21.3. The molecule has 3 aliphatic rings. The fraction of sp³-hybridized carbons (Fsp3) is 0.419. The number of amides is 5. The molecule has 13 heteroatoms. The van der Waals surface area contributed by atoms with Crippen LogP contribution in [0.4, 0.5) is 26.7 Å². The van der Waals surface area contributed by atoms with Crippen molar-refractivity contribution in [1.82, 2.24) is 25.0 Å². The van der Waals surface area contributed by atoms with Gasteiger partial charge >= 0.3 is 12.1 Å². The van der Waals surface area contributed by atoms with Gasteiger partial charge in [-0.15, -0.1) is 11.3 Å². The highest BCUT2D eigenvalue weighted by Crippen LogP contribution is 2.30. The molecule has 6 rings (SSSR count). The number of benzene rings is 1. The fourth-order valence-corrected chi connectivity index (χ4v) is 7.32. The van der Waals surface area contributed by atoms with E-state index in [9.17, 15) is 14.4 Å². The molecule has 4 N–H and O–H groups in total. The van der Waals surface area contributed by atoms with Crippen molar-refractivity contribution in [2.75, 3.05) is 55.2 Å². The summed E-state index contributed by atoms with van der Waals surface area (Å²) in [6.07, 6.45) is 5.16. The van der Waals surface area contributed by atoms with Gasteiger partial charge < -0.3 is 36.0 Å². The number of carbonyl (C=O) groups is 3. The number of piperazine rings is 1. The van der Waals surface area contributed by atoms with Gasteiger partial charge in [-0.3, -0.25) is 9.78 Å². The molecule has 2 fully saturated rings. The molecule has 232 valence electrons. The number of nitrogens with one attached hydrogen (secondary N) is 2. The molecule has 44 heavy (non-hydrogen) atoms. The summed E-state index contributed by atoms with van der Waals surface area (Å²) >= 11 is 7.96. The number of piperidine rings is 1.